The zero-order chi connectivity index (χ0) is 16.4. The van der Waals surface area contributed by atoms with Gasteiger partial charge < -0.3 is 14.6 Å². The number of benzene rings is 1. The highest BCUT2D eigenvalue weighted by molar-refractivity contribution is 6.06. The molecule has 1 amide bonds. The van der Waals surface area contributed by atoms with Gasteiger partial charge in [-0.15, -0.1) is 5.10 Å². The van der Waals surface area contributed by atoms with Crippen molar-refractivity contribution in [1.82, 2.24) is 15.5 Å². The molecular weight excluding hydrogens is 304 g/mol. The topological polar surface area (TPSA) is 71.3 Å². The van der Waals surface area contributed by atoms with Crippen LogP contribution in [0.2, 0.25) is 0 Å². The van der Waals surface area contributed by atoms with E-state index in [2.05, 4.69) is 20.4 Å². The molecule has 1 aliphatic rings. The lowest BCUT2D eigenvalue weighted by Gasteiger charge is -2.33. The molecule has 3 heterocycles. The summed E-state index contributed by atoms with van der Waals surface area (Å²) in [7, 11) is 0. The summed E-state index contributed by atoms with van der Waals surface area (Å²) in [5, 5.41) is 12.1. The van der Waals surface area contributed by atoms with Gasteiger partial charge in [0.2, 0.25) is 0 Å². The maximum absolute atomic E-state index is 12.6. The highest BCUT2D eigenvalue weighted by Gasteiger charge is 2.24. The van der Waals surface area contributed by atoms with Gasteiger partial charge in [0.15, 0.2) is 5.82 Å². The van der Waals surface area contributed by atoms with E-state index in [0.717, 1.165) is 42.7 Å². The lowest BCUT2D eigenvalue weighted by atomic mass is 10.0. The summed E-state index contributed by atoms with van der Waals surface area (Å²) in [4.78, 5) is 14.8. The Morgan fingerprint density at radius 1 is 1.25 bits per heavy atom. The van der Waals surface area contributed by atoms with E-state index in [9.17, 15) is 4.79 Å². The normalized spacial score (nSPS) is 17.8. The molecule has 0 aliphatic carbocycles. The molecule has 3 aromatic rings. The van der Waals surface area contributed by atoms with E-state index in [1.807, 2.05) is 36.4 Å². The van der Waals surface area contributed by atoms with E-state index >= 15 is 0 Å². The largest absolute Gasteiger partial charge is 0.463 e. The van der Waals surface area contributed by atoms with Crippen molar-refractivity contribution in [2.24, 2.45) is 0 Å². The predicted molar refractivity (Wildman–Crippen MR) is 90.9 cm³/mol. The molecule has 1 fully saturated rings. The molecule has 1 unspecified atom stereocenters. The Morgan fingerprint density at radius 2 is 2.17 bits per heavy atom. The minimum Gasteiger partial charge on any atom is -0.463 e. The maximum Gasteiger partial charge on any atom is 0.255 e. The fourth-order valence-corrected chi connectivity index (χ4v) is 3.18. The average Bonchev–Trinajstić information content (AvgIpc) is 3.07. The molecular formula is C18H18N4O2. The second-order valence-corrected chi connectivity index (χ2v) is 5.99. The lowest BCUT2D eigenvalue weighted by molar-refractivity contribution is 0.0934. The molecule has 4 rings (SSSR count). The van der Waals surface area contributed by atoms with Crippen LogP contribution in [0.5, 0.6) is 0 Å². The molecule has 2 aromatic heterocycles. The third-order valence-corrected chi connectivity index (χ3v) is 4.36. The number of amides is 1. The van der Waals surface area contributed by atoms with Gasteiger partial charge in [0, 0.05) is 30.7 Å². The molecule has 0 radical (unpaired) electrons. The monoisotopic (exact) mass is 322 g/mol. The van der Waals surface area contributed by atoms with Gasteiger partial charge in [0.1, 0.15) is 11.8 Å². The molecule has 6 nitrogen and oxygen atoms in total. The number of hydrogen-bond donors (Lipinski definition) is 1. The van der Waals surface area contributed by atoms with Crippen molar-refractivity contribution in [3.05, 3.63) is 54.4 Å². The van der Waals surface area contributed by atoms with Gasteiger partial charge in [-0.25, -0.2) is 0 Å². The Balaban J connectivity index is 1.47. The van der Waals surface area contributed by atoms with Crippen LogP contribution in [0.25, 0.3) is 11.0 Å². The Kier molecular flexibility index (Phi) is 3.86. The van der Waals surface area contributed by atoms with Gasteiger partial charge in [0.25, 0.3) is 5.91 Å². The highest BCUT2D eigenvalue weighted by atomic mass is 16.3. The standard InChI is InChI=1S/C18H18N4O2/c23-18(15-12-24-16-7-2-1-6-14(15)16)20-13-5-4-10-22(11-13)17-8-3-9-19-21-17/h1-3,6-9,12-13H,4-5,10-11H2,(H,20,23). The van der Waals surface area contributed by atoms with E-state index in [-0.39, 0.29) is 11.9 Å². The van der Waals surface area contributed by atoms with Gasteiger partial charge in [-0.1, -0.05) is 18.2 Å². The summed E-state index contributed by atoms with van der Waals surface area (Å²) in [5.41, 5.74) is 1.31. The van der Waals surface area contributed by atoms with Crippen LogP contribution in [0.15, 0.2) is 53.3 Å². The Labute approximate surface area is 139 Å². The van der Waals surface area contributed by atoms with Gasteiger partial charge in [0.05, 0.1) is 5.56 Å². The van der Waals surface area contributed by atoms with E-state index in [1.165, 1.54) is 6.26 Å². The highest BCUT2D eigenvalue weighted by Crippen LogP contribution is 2.22. The molecule has 24 heavy (non-hydrogen) atoms. The van der Waals surface area contributed by atoms with Crippen molar-refractivity contribution in [1.29, 1.82) is 0 Å². The number of carbonyl (C=O) groups excluding carboxylic acids is 1. The first-order valence-corrected chi connectivity index (χ1v) is 8.11. The molecule has 0 saturated carbocycles. The summed E-state index contributed by atoms with van der Waals surface area (Å²) in [6, 6.07) is 11.5. The Bertz CT molecular complexity index is 846. The Morgan fingerprint density at radius 3 is 3.04 bits per heavy atom. The quantitative estimate of drug-likeness (QED) is 0.802. The van der Waals surface area contributed by atoms with Crippen LogP contribution in [0.4, 0.5) is 5.82 Å². The molecule has 1 aliphatic heterocycles. The maximum atomic E-state index is 12.6. The first-order valence-electron chi connectivity index (χ1n) is 8.11. The minimum atomic E-state index is -0.0917. The summed E-state index contributed by atoms with van der Waals surface area (Å²) in [6.45, 7) is 1.67. The van der Waals surface area contributed by atoms with Gasteiger partial charge in [-0.3, -0.25) is 4.79 Å². The second-order valence-electron chi connectivity index (χ2n) is 5.99. The molecule has 122 valence electrons. The number of piperidine rings is 1. The predicted octanol–water partition coefficient (Wildman–Crippen LogP) is 2.62. The van der Waals surface area contributed by atoms with Crippen LogP contribution in [-0.2, 0) is 0 Å². The van der Waals surface area contributed by atoms with Crippen molar-refractivity contribution in [3.8, 4) is 0 Å². The van der Waals surface area contributed by atoms with Crippen molar-refractivity contribution < 1.29 is 9.21 Å². The summed E-state index contributed by atoms with van der Waals surface area (Å²) in [5.74, 6) is 0.760. The number of anilines is 1. The second kappa shape index (κ2) is 6.31. The van der Waals surface area contributed by atoms with Crippen molar-refractivity contribution in [2.45, 2.75) is 18.9 Å². The molecule has 1 saturated heterocycles. The van der Waals surface area contributed by atoms with Crippen molar-refractivity contribution in [2.75, 3.05) is 18.0 Å². The zero-order valence-electron chi connectivity index (χ0n) is 13.2. The molecule has 6 heteroatoms. The number of nitrogens with one attached hydrogen (secondary N) is 1. The molecule has 1 atom stereocenters. The number of fused-ring (bicyclic) bond motifs is 1. The Hall–Kier alpha value is -2.89. The van der Waals surface area contributed by atoms with Crippen LogP contribution in [-0.4, -0.2) is 35.2 Å². The molecule has 0 bridgehead atoms. The summed E-state index contributed by atoms with van der Waals surface area (Å²) < 4.78 is 5.46. The van der Waals surface area contributed by atoms with Crippen LogP contribution in [0.3, 0.4) is 0 Å². The zero-order valence-corrected chi connectivity index (χ0v) is 13.2. The first kappa shape index (κ1) is 14.7. The van der Waals surface area contributed by atoms with E-state index < -0.39 is 0 Å². The number of para-hydroxylation sites is 1. The van der Waals surface area contributed by atoms with Crippen LogP contribution in [0.1, 0.15) is 23.2 Å². The van der Waals surface area contributed by atoms with Crippen molar-refractivity contribution in [3.63, 3.8) is 0 Å². The first-order chi connectivity index (χ1) is 11.8. The summed E-state index contributed by atoms with van der Waals surface area (Å²) in [6.07, 6.45) is 5.16. The van der Waals surface area contributed by atoms with Gasteiger partial charge in [-0.2, -0.15) is 5.10 Å². The third kappa shape index (κ3) is 2.82. The summed E-state index contributed by atoms with van der Waals surface area (Å²) >= 11 is 0. The smallest absolute Gasteiger partial charge is 0.255 e. The van der Waals surface area contributed by atoms with Crippen LogP contribution >= 0.6 is 0 Å². The number of aromatic nitrogens is 2. The number of hydrogen-bond acceptors (Lipinski definition) is 5. The van der Waals surface area contributed by atoms with Crippen LogP contribution < -0.4 is 10.2 Å². The van der Waals surface area contributed by atoms with E-state index in [0.29, 0.717) is 5.56 Å². The van der Waals surface area contributed by atoms with Gasteiger partial charge in [-0.05, 0) is 31.0 Å². The fraction of sp³-hybridized carbons (Fsp3) is 0.278. The molecule has 0 spiro atoms. The van der Waals surface area contributed by atoms with E-state index in [4.69, 9.17) is 4.42 Å². The average molecular weight is 322 g/mol. The number of rotatable bonds is 3. The van der Waals surface area contributed by atoms with E-state index in [1.54, 1.807) is 6.20 Å². The fourth-order valence-electron chi connectivity index (χ4n) is 3.18. The number of carbonyl (C=O) groups is 1. The SMILES string of the molecule is O=C(NC1CCCN(c2cccnn2)C1)c1coc2ccccc12. The van der Waals surface area contributed by atoms with Crippen molar-refractivity contribution >= 4 is 22.7 Å². The van der Waals surface area contributed by atoms with Crippen LogP contribution in [0, 0.1) is 0 Å². The minimum absolute atomic E-state index is 0.0851. The molecule has 1 N–H and O–H groups in total. The number of nitrogens with zero attached hydrogens (tertiary/aromatic N) is 3. The third-order valence-electron chi connectivity index (χ3n) is 4.36. The number of furan rings is 1. The van der Waals surface area contributed by atoms with Gasteiger partial charge >= 0.3 is 0 Å². The molecule has 1 aromatic carbocycles. The lowest BCUT2D eigenvalue weighted by Crippen LogP contribution is -2.48.